The summed E-state index contributed by atoms with van der Waals surface area (Å²) >= 11 is 5.35. The first kappa shape index (κ1) is 14.7. The maximum atomic E-state index is 9.51. The van der Waals surface area contributed by atoms with Crippen LogP contribution in [-0.4, -0.2) is 11.2 Å². The van der Waals surface area contributed by atoms with Gasteiger partial charge in [-0.25, -0.2) is 0 Å². The zero-order valence-electron chi connectivity index (χ0n) is 9.66. The van der Waals surface area contributed by atoms with E-state index in [-0.39, 0.29) is 6.10 Å². The molecule has 0 spiro atoms. The van der Waals surface area contributed by atoms with Crippen molar-refractivity contribution in [1.29, 1.82) is 0 Å². The number of aliphatic hydroxyl groups excluding tert-OH is 1. The van der Waals surface area contributed by atoms with Crippen LogP contribution in [0.25, 0.3) is 0 Å². The van der Waals surface area contributed by atoms with Crippen molar-refractivity contribution in [3.05, 3.63) is 23.8 Å². The molecule has 0 amide bonds. The molecular formula is C13H23ClO. The van der Waals surface area contributed by atoms with Gasteiger partial charge in [-0.05, 0) is 6.42 Å². The lowest BCUT2D eigenvalue weighted by atomic mass is 10.1. The summed E-state index contributed by atoms with van der Waals surface area (Å²) in [5.41, 5.74) is 1.44. The quantitative estimate of drug-likeness (QED) is 0.460. The average Bonchev–Trinajstić information content (AvgIpc) is 2.23. The Morgan fingerprint density at radius 2 is 1.73 bits per heavy atom. The zero-order valence-corrected chi connectivity index (χ0v) is 10.4. The Kier molecular flexibility index (Phi) is 11.6. The van der Waals surface area contributed by atoms with Crippen molar-refractivity contribution in [1.82, 2.24) is 0 Å². The minimum atomic E-state index is -0.316. The number of aliphatic hydroxyl groups is 1. The van der Waals surface area contributed by atoms with Gasteiger partial charge in [0.25, 0.3) is 0 Å². The number of unbranched alkanes of at least 4 members (excludes halogenated alkanes) is 5. The van der Waals surface area contributed by atoms with Crippen molar-refractivity contribution in [2.75, 3.05) is 0 Å². The molecule has 0 aromatic rings. The maximum absolute atomic E-state index is 9.51. The molecule has 1 N–H and O–H groups in total. The van der Waals surface area contributed by atoms with Gasteiger partial charge in [0.1, 0.15) is 0 Å². The Balaban J connectivity index is 3.27. The van der Waals surface area contributed by atoms with E-state index in [2.05, 4.69) is 6.92 Å². The molecule has 0 aliphatic heterocycles. The number of hydrogen-bond donors (Lipinski definition) is 1. The highest BCUT2D eigenvalue weighted by molar-refractivity contribution is 6.25. The van der Waals surface area contributed by atoms with Crippen LogP contribution in [0, 0.1) is 0 Å². The molecule has 0 heterocycles. The first-order valence-electron chi connectivity index (χ1n) is 5.93. The van der Waals surface area contributed by atoms with E-state index in [0.29, 0.717) is 0 Å². The highest BCUT2D eigenvalue weighted by Gasteiger charge is 1.97. The number of allylic oxidation sites excluding steroid dienone is 2. The van der Waals surface area contributed by atoms with Gasteiger partial charge in [0.05, 0.1) is 6.10 Å². The molecule has 1 atom stereocenters. The molecular weight excluding hydrogens is 208 g/mol. The van der Waals surface area contributed by atoms with E-state index in [9.17, 15) is 5.11 Å². The van der Waals surface area contributed by atoms with E-state index in [1.54, 1.807) is 18.2 Å². The van der Waals surface area contributed by atoms with Crippen LogP contribution in [0.2, 0.25) is 0 Å². The van der Waals surface area contributed by atoms with E-state index in [1.165, 1.54) is 37.6 Å². The van der Waals surface area contributed by atoms with Crippen molar-refractivity contribution in [3.8, 4) is 0 Å². The Hall–Kier alpha value is -0.270. The van der Waals surface area contributed by atoms with Crippen LogP contribution in [0.1, 0.15) is 51.9 Å². The second-order valence-electron chi connectivity index (χ2n) is 3.83. The van der Waals surface area contributed by atoms with Crippen LogP contribution < -0.4 is 0 Å². The van der Waals surface area contributed by atoms with E-state index in [4.69, 9.17) is 11.6 Å². The zero-order chi connectivity index (χ0) is 11.4. The van der Waals surface area contributed by atoms with Crippen LogP contribution in [0.4, 0.5) is 0 Å². The maximum Gasteiger partial charge on any atom is 0.0723 e. The fourth-order valence-corrected chi connectivity index (χ4v) is 1.55. The van der Waals surface area contributed by atoms with E-state index < -0.39 is 0 Å². The largest absolute Gasteiger partial charge is 0.389 e. The van der Waals surface area contributed by atoms with Crippen LogP contribution in [0.15, 0.2) is 23.8 Å². The second-order valence-corrected chi connectivity index (χ2v) is 4.08. The van der Waals surface area contributed by atoms with Gasteiger partial charge in [-0.1, -0.05) is 75.3 Å². The lowest BCUT2D eigenvalue weighted by molar-refractivity contribution is 0.208. The Labute approximate surface area is 98.8 Å². The molecule has 15 heavy (non-hydrogen) atoms. The van der Waals surface area contributed by atoms with Gasteiger partial charge in [0.15, 0.2) is 0 Å². The fourth-order valence-electron chi connectivity index (χ4n) is 1.46. The molecule has 1 nitrogen and oxygen atoms in total. The third-order valence-electron chi connectivity index (χ3n) is 2.37. The molecule has 0 radical (unpaired) electrons. The molecule has 2 heteroatoms. The summed E-state index contributed by atoms with van der Waals surface area (Å²) in [4.78, 5) is 0. The van der Waals surface area contributed by atoms with Crippen LogP contribution in [0.3, 0.4) is 0 Å². The first-order chi connectivity index (χ1) is 7.31. The summed E-state index contributed by atoms with van der Waals surface area (Å²) in [6.45, 7) is 2.22. The highest BCUT2D eigenvalue weighted by atomic mass is 35.5. The monoisotopic (exact) mass is 230 g/mol. The molecule has 0 saturated carbocycles. The van der Waals surface area contributed by atoms with Gasteiger partial charge in [-0.3, -0.25) is 0 Å². The normalized spacial score (nSPS) is 14.1. The average molecular weight is 231 g/mol. The van der Waals surface area contributed by atoms with Gasteiger partial charge in [-0.2, -0.15) is 0 Å². The summed E-state index contributed by atoms with van der Waals surface area (Å²) < 4.78 is 0. The van der Waals surface area contributed by atoms with Crippen molar-refractivity contribution in [2.24, 2.45) is 0 Å². The van der Waals surface area contributed by atoms with E-state index in [1.807, 2.05) is 0 Å². The van der Waals surface area contributed by atoms with E-state index >= 15 is 0 Å². The molecule has 0 aromatic heterocycles. The molecule has 0 aliphatic rings. The molecule has 0 rings (SSSR count). The minimum absolute atomic E-state index is 0.316. The molecule has 0 saturated heterocycles. The molecule has 1 unspecified atom stereocenters. The number of hydrogen-bond acceptors (Lipinski definition) is 1. The van der Waals surface area contributed by atoms with Gasteiger partial charge >= 0.3 is 0 Å². The SMILES string of the molecule is CCCCCCCCC(O)/C=C\C=C\Cl. The molecule has 88 valence electrons. The lowest BCUT2D eigenvalue weighted by Gasteiger charge is -2.04. The third-order valence-corrected chi connectivity index (χ3v) is 2.52. The smallest absolute Gasteiger partial charge is 0.0723 e. The molecule has 0 aliphatic carbocycles. The number of halogens is 1. The second kappa shape index (κ2) is 11.8. The lowest BCUT2D eigenvalue weighted by Crippen LogP contribution is -2.01. The highest BCUT2D eigenvalue weighted by Crippen LogP contribution is 2.09. The standard InChI is InChI=1S/C13H23ClO/c1-2-3-4-5-6-7-10-13(15)11-8-9-12-14/h8-9,11-13,15H,2-7,10H2,1H3/b11-8-,12-9+. The van der Waals surface area contributed by atoms with E-state index in [0.717, 1.165) is 12.8 Å². The van der Waals surface area contributed by atoms with Gasteiger partial charge in [0.2, 0.25) is 0 Å². The Bertz CT molecular complexity index is 175. The van der Waals surface area contributed by atoms with Gasteiger partial charge < -0.3 is 5.11 Å². The minimum Gasteiger partial charge on any atom is -0.389 e. The summed E-state index contributed by atoms with van der Waals surface area (Å²) in [6.07, 6.45) is 13.4. The van der Waals surface area contributed by atoms with Crippen LogP contribution >= 0.6 is 11.6 Å². The number of rotatable bonds is 9. The van der Waals surface area contributed by atoms with Crippen molar-refractivity contribution >= 4 is 11.6 Å². The predicted molar refractivity (Wildman–Crippen MR) is 68.1 cm³/mol. The van der Waals surface area contributed by atoms with Gasteiger partial charge in [-0.15, -0.1) is 0 Å². The van der Waals surface area contributed by atoms with Crippen LogP contribution in [0.5, 0.6) is 0 Å². The summed E-state index contributed by atoms with van der Waals surface area (Å²) in [7, 11) is 0. The summed E-state index contributed by atoms with van der Waals surface area (Å²) in [6, 6.07) is 0. The Morgan fingerprint density at radius 1 is 1.07 bits per heavy atom. The summed E-state index contributed by atoms with van der Waals surface area (Å²) in [5.74, 6) is 0. The fraction of sp³-hybridized carbons (Fsp3) is 0.692. The van der Waals surface area contributed by atoms with Crippen molar-refractivity contribution in [2.45, 2.75) is 58.0 Å². The first-order valence-corrected chi connectivity index (χ1v) is 6.36. The molecule has 0 aromatic carbocycles. The van der Waals surface area contributed by atoms with Crippen molar-refractivity contribution in [3.63, 3.8) is 0 Å². The van der Waals surface area contributed by atoms with Crippen LogP contribution in [-0.2, 0) is 0 Å². The molecule has 0 fully saturated rings. The third kappa shape index (κ3) is 11.7. The Morgan fingerprint density at radius 3 is 2.40 bits per heavy atom. The van der Waals surface area contributed by atoms with Crippen molar-refractivity contribution < 1.29 is 5.11 Å². The topological polar surface area (TPSA) is 20.2 Å². The predicted octanol–water partition coefficient (Wildman–Crippen LogP) is 4.41. The molecule has 0 bridgehead atoms. The van der Waals surface area contributed by atoms with Gasteiger partial charge in [0, 0.05) is 5.54 Å². The summed E-state index contributed by atoms with van der Waals surface area (Å²) in [5, 5.41) is 9.51.